The van der Waals surface area contributed by atoms with Gasteiger partial charge in [0.1, 0.15) is 11.6 Å². The van der Waals surface area contributed by atoms with Crippen molar-refractivity contribution in [1.29, 1.82) is 0 Å². The zero-order valence-electron chi connectivity index (χ0n) is 17.5. The lowest BCUT2D eigenvalue weighted by atomic mass is 10.1. The lowest BCUT2D eigenvalue weighted by Crippen LogP contribution is -2.16. The SMILES string of the molecule is COc1cc(OC)c(C(=O)Nc2cc(C)nn2-c2cc(C)cc(C)c2)cc1OC. The number of hydrogen-bond donors (Lipinski definition) is 1. The van der Waals surface area contributed by atoms with Gasteiger partial charge in [-0.2, -0.15) is 5.10 Å². The fourth-order valence-corrected chi connectivity index (χ4v) is 3.25. The van der Waals surface area contributed by atoms with E-state index in [1.54, 1.807) is 16.8 Å². The van der Waals surface area contributed by atoms with Gasteiger partial charge in [-0.1, -0.05) is 6.07 Å². The van der Waals surface area contributed by atoms with Gasteiger partial charge in [0.05, 0.1) is 38.3 Å². The number of carbonyl (C=O) groups is 1. The van der Waals surface area contributed by atoms with Crippen molar-refractivity contribution in [1.82, 2.24) is 9.78 Å². The maximum atomic E-state index is 13.1. The van der Waals surface area contributed by atoms with Gasteiger partial charge in [-0.3, -0.25) is 4.79 Å². The molecule has 0 spiro atoms. The highest BCUT2D eigenvalue weighted by atomic mass is 16.5. The lowest BCUT2D eigenvalue weighted by Gasteiger charge is -2.15. The molecule has 29 heavy (non-hydrogen) atoms. The summed E-state index contributed by atoms with van der Waals surface area (Å²) in [4.78, 5) is 13.1. The van der Waals surface area contributed by atoms with Crippen LogP contribution < -0.4 is 19.5 Å². The largest absolute Gasteiger partial charge is 0.496 e. The molecule has 1 amide bonds. The van der Waals surface area contributed by atoms with Crippen LogP contribution in [0, 0.1) is 20.8 Å². The quantitative estimate of drug-likeness (QED) is 0.681. The predicted octanol–water partition coefficient (Wildman–Crippen LogP) is 4.08. The number of anilines is 1. The summed E-state index contributed by atoms with van der Waals surface area (Å²) in [6, 6.07) is 11.2. The summed E-state index contributed by atoms with van der Waals surface area (Å²) >= 11 is 0. The van der Waals surface area contributed by atoms with Crippen molar-refractivity contribution >= 4 is 11.7 Å². The number of benzene rings is 2. The summed E-state index contributed by atoms with van der Waals surface area (Å²) in [5.41, 5.74) is 4.24. The summed E-state index contributed by atoms with van der Waals surface area (Å²) in [7, 11) is 4.55. The molecule has 0 aliphatic heterocycles. The van der Waals surface area contributed by atoms with Crippen LogP contribution in [0.15, 0.2) is 36.4 Å². The van der Waals surface area contributed by atoms with Gasteiger partial charge in [-0.15, -0.1) is 0 Å². The molecule has 7 nitrogen and oxygen atoms in total. The molecule has 0 atom stereocenters. The Kier molecular flexibility index (Phi) is 5.77. The third-order valence-corrected chi connectivity index (χ3v) is 4.47. The predicted molar refractivity (Wildman–Crippen MR) is 112 cm³/mol. The van der Waals surface area contributed by atoms with Gasteiger partial charge in [-0.25, -0.2) is 4.68 Å². The molecule has 1 N–H and O–H groups in total. The van der Waals surface area contributed by atoms with Crippen LogP contribution >= 0.6 is 0 Å². The number of hydrogen-bond acceptors (Lipinski definition) is 5. The average Bonchev–Trinajstić information content (AvgIpc) is 3.06. The molecule has 2 aromatic carbocycles. The van der Waals surface area contributed by atoms with Gasteiger partial charge < -0.3 is 19.5 Å². The maximum absolute atomic E-state index is 13.1. The van der Waals surface area contributed by atoms with Crippen LogP contribution in [0.2, 0.25) is 0 Å². The number of nitrogens with zero attached hydrogens (tertiary/aromatic N) is 2. The third kappa shape index (κ3) is 4.18. The molecule has 152 valence electrons. The van der Waals surface area contributed by atoms with Crippen molar-refractivity contribution in [3.63, 3.8) is 0 Å². The number of amides is 1. The number of nitrogens with one attached hydrogen (secondary N) is 1. The first-order chi connectivity index (χ1) is 13.9. The second kappa shape index (κ2) is 8.26. The summed E-state index contributed by atoms with van der Waals surface area (Å²) in [5.74, 6) is 1.53. The molecule has 0 saturated carbocycles. The van der Waals surface area contributed by atoms with Crippen LogP contribution in [0.3, 0.4) is 0 Å². The van der Waals surface area contributed by atoms with E-state index in [0.29, 0.717) is 28.6 Å². The van der Waals surface area contributed by atoms with E-state index in [-0.39, 0.29) is 5.91 Å². The average molecular weight is 395 g/mol. The molecule has 3 aromatic rings. The minimum atomic E-state index is -0.340. The Morgan fingerprint density at radius 1 is 0.828 bits per heavy atom. The Morgan fingerprint density at radius 2 is 1.41 bits per heavy atom. The summed E-state index contributed by atoms with van der Waals surface area (Å²) in [6.45, 7) is 5.94. The van der Waals surface area contributed by atoms with Crippen LogP contribution in [0.1, 0.15) is 27.2 Å². The van der Waals surface area contributed by atoms with Gasteiger partial charge in [0.25, 0.3) is 5.91 Å². The summed E-state index contributed by atoms with van der Waals surface area (Å²) in [6.07, 6.45) is 0. The van der Waals surface area contributed by atoms with E-state index < -0.39 is 0 Å². The molecular formula is C22H25N3O4. The molecule has 7 heteroatoms. The monoisotopic (exact) mass is 395 g/mol. The van der Waals surface area contributed by atoms with Crippen LogP contribution in [-0.4, -0.2) is 37.0 Å². The van der Waals surface area contributed by atoms with Gasteiger partial charge in [0, 0.05) is 18.2 Å². The Balaban J connectivity index is 2.00. The topological polar surface area (TPSA) is 74.6 Å². The Labute approximate surface area is 170 Å². The molecule has 0 fully saturated rings. The van der Waals surface area contributed by atoms with E-state index in [9.17, 15) is 4.79 Å². The first kappa shape index (κ1) is 20.3. The minimum Gasteiger partial charge on any atom is -0.496 e. The van der Waals surface area contributed by atoms with E-state index >= 15 is 0 Å². The molecule has 0 saturated heterocycles. The smallest absolute Gasteiger partial charge is 0.260 e. The third-order valence-electron chi connectivity index (χ3n) is 4.47. The highest BCUT2D eigenvalue weighted by Crippen LogP contribution is 2.35. The number of aryl methyl sites for hydroxylation is 3. The minimum absolute atomic E-state index is 0.330. The van der Waals surface area contributed by atoms with E-state index in [1.807, 2.05) is 39.0 Å². The maximum Gasteiger partial charge on any atom is 0.260 e. The van der Waals surface area contributed by atoms with Crippen molar-refractivity contribution in [3.8, 4) is 22.9 Å². The molecular weight excluding hydrogens is 370 g/mol. The number of rotatable bonds is 6. The first-order valence-corrected chi connectivity index (χ1v) is 9.13. The van der Waals surface area contributed by atoms with E-state index in [2.05, 4.69) is 16.5 Å². The molecule has 0 aliphatic rings. The number of aromatic nitrogens is 2. The molecule has 0 aliphatic carbocycles. The highest BCUT2D eigenvalue weighted by Gasteiger charge is 2.20. The second-order valence-corrected chi connectivity index (χ2v) is 6.79. The van der Waals surface area contributed by atoms with E-state index in [4.69, 9.17) is 14.2 Å². The van der Waals surface area contributed by atoms with Crippen molar-refractivity contribution in [3.05, 3.63) is 58.8 Å². The lowest BCUT2D eigenvalue weighted by molar-refractivity contribution is 0.102. The Morgan fingerprint density at radius 3 is 2.00 bits per heavy atom. The molecule has 0 bridgehead atoms. The zero-order valence-corrected chi connectivity index (χ0v) is 17.5. The number of carbonyl (C=O) groups excluding carboxylic acids is 1. The van der Waals surface area contributed by atoms with Crippen LogP contribution in [0.25, 0.3) is 5.69 Å². The first-order valence-electron chi connectivity index (χ1n) is 9.13. The number of ether oxygens (including phenoxy) is 3. The van der Waals surface area contributed by atoms with Crippen molar-refractivity contribution in [2.45, 2.75) is 20.8 Å². The molecule has 0 radical (unpaired) electrons. The van der Waals surface area contributed by atoms with Crippen LogP contribution in [0.4, 0.5) is 5.82 Å². The van der Waals surface area contributed by atoms with Gasteiger partial charge in [-0.05, 0) is 44.0 Å². The standard InChI is InChI=1S/C22H25N3O4/c1-13-7-14(2)9-16(8-13)25-21(10-15(3)24-25)23-22(26)17-11-19(28-5)20(29-6)12-18(17)27-4/h7-12H,1-6H3,(H,23,26). The molecule has 1 heterocycles. The van der Waals surface area contributed by atoms with E-state index in [0.717, 1.165) is 22.5 Å². The second-order valence-electron chi connectivity index (χ2n) is 6.79. The van der Waals surface area contributed by atoms with Gasteiger partial charge in [0.15, 0.2) is 11.5 Å². The normalized spacial score (nSPS) is 10.6. The van der Waals surface area contributed by atoms with Crippen molar-refractivity contribution in [2.24, 2.45) is 0 Å². The zero-order chi connectivity index (χ0) is 21.1. The highest BCUT2D eigenvalue weighted by molar-refractivity contribution is 6.06. The molecule has 1 aromatic heterocycles. The van der Waals surface area contributed by atoms with Crippen LogP contribution in [0.5, 0.6) is 17.2 Å². The fraction of sp³-hybridized carbons (Fsp3) is 0.273. The van der Waals surface area contributed by atoms with E-state index in [1.165, 1.54) is 21.3 Å². The fourth-order valence-electron chi connectivity index (χ4n) is 3.25. The molecule has 3 rings (SSSR count). The van der Waals surface area contributed by atoms with Gasteiger partial charge in [0.2, 0.25) is 0 Å². The number of methoxy groups -OCH3 is 3. The van der Waals surface area contributed by atoms with Crippen molar-refractivity contribution in [2.75, 3.05) is 26.6 Å². The van der Waals surface area contributed by atoms with Gasteiger partial charge >= 0.3 is 0 Å². The summed E-state index contributed by atoms with van der Waals surface area (Å²) < 4.78 is 17.7. The molecule has 0 unspecified atom stereocenters. The van der Waals surface area contributed by atoms with Crippen LogP contribution in [-0.2, 0) is 0 Å². The summed E-state index contributed by atoms with van der Waals surface area (Å²) in [5, 5.41) is 7.47. The Bertz CT molecular complexity index is 1040. The Hall–Kier alpha value is -3.48. The van der Waals surface area contributed by atoms with Crippen molar-refractivity contribution < 1.29 is 19.0 Å².